The summed E-state index contributed by atoms with van der Waals surface area (Å²) >= 11 is 0. The van der Waals surface area contributed by atoms with Crippen molar-refractivity contribution in [3.63, 3.8) is 0 Å². The topological polar surface area (TPSA) is 50.8 Å². The summed E-state index contributed by atoms with van der Waals surface area (Å²) in [7, 11) is 1.96. The van der Waals surface area contributed by atoms with Crippen molar-refractivity contribution in [3.05, 3.63) is 89.5 Å². The molecule has 0 saturated heterocycles. The van der Waals surface area contributed by atoms with Crippen LogP contribution in [0.2, 0.25) is 0 Å². The zero-order chi connectivity index (χ0) is 20.9. The van der Waals surface area contributed by atoms with E-state index in [1.165, 1.54) is 0 Å². The van der Waals surface area contributed by atoms with Crippen LogP contribution in [0.1, 0.15) is 22.7 Å². The number of ether oxygens (including phenoxy) is 2. The fourth-order valence-electron chi connectivity index (χ4n) is 3.65. The second-order valence-corrected chi connectivity index (χ2v) is 7.56. The zero-order valence-electron chi connectivity index (χ0n) is 17.3. The highest BCUT2D eigenvalue weighted by atomic mass is 16.6. The molecule has 0 bridgehead atoms. The molecule has 0 saturated carbocycles. The van der Waals surface area contributed by atoms with Crippen molar-refractivity contribution in [1.82, 2.24) is 4.90 Å². The molecule has 1 aliphatic heterocycles. The van der Waals surface area contributed by atoms with E-state index in [2.05, 4.69) is 5.32 Å². The molecule has 1 amide bonds. The Morgan fingerprint density at radius 3 is 2.40 bits per heavy atom. The molecule has 1 N–H and O–H groups in total. The number of anilines is 1. The third kappa shape index (κ3) is 4.63. The lowest BCUT2D eigenvalue weighted by Crippen LogP contribution is -2.34. The first-order valence-corrected chi connectivity index (χ1v) is 10.1. The molecular formula is C25H26N2O3. The Morgan fingerprint density at radius 2 is 1.67 bits per heavy atom. The fraction of sp³-hybridized carbons (Fsp3) is 0.240. The molecule has 0 unspecified atom stereocenters. The van der Waals surface area contributed by atoms with Crippen LogP contribution in [0.3, 0.4) is 0 Å². The van der Waals surface area contributed by atoms with Crippen LogP contribution >= 0.6 is 0 Å². The molecule has 4 rings (SSSR count). The van der Waals surface area contributed by atoms with Gasteiger partial charge in [0, 0.05) is 12.2 Å². The Kier molecular flexibility index (Phi) is 6.00. The second kappa shape index (κ2) is 9.01. The predicted molar refractivity (Wildman–Crippen MR) is 118 cm³/mol. The number of carbonyl (C=O) groups excluding carboxylic acids is 1. The van der Waals surface area contributed by atoms with E-state index >= 15 is 0 Å². The van der Waals surface area contributed by atoms with E-state index in [9.17, 15) is 4.79 Å². The lowest BCUT2D eigenvalue weighted by molar-refractivity contribution is -0.121. The number of rotatable bonds is 6. The number of hydrogen-bond acceptors (Lipinski definition) is 4. The molecule has 0 radical (unpaired) electrons. The van der Waals surface area contributed by atoms with Crippen LogP contribution in [0.4, 0.5) is 5.69 Å². The highest BCUT2D eigenvalue weighted by Gasteiger charge is 2.26. The van der Waals surface area contributed by atoms with Crippen molar-refractivity contribution in [1.29, 1.82) is 0 Å². The number of aryl methyl sites for hydroxylation is 1. The van der Waals surface area contributed by atoms with E-state index in [0.717, 1.165) is 33.9 Å². The first-order chi connectivity index (χ1) is 14.6. The maximum atomic E-state index is 13.3. The summed E-state index contributed by atoms with van der Waals surface area (Å²) in [5.41, 5.74) is 3.95. The van der Waals surface area contributed by atoms with E-state index in [0.29, 0.717) is 19.8 Å². The van der Waals surface area contributed by atoms with E-state index in [4.69, 9.17) is 9.47 Å². The van der Waals surface area contributed by atoms with Crippen molar-refractivity contribution in [2.24, 2.45) is 0 Å². The normalized spacial score (nSPS) is 13.7. The molecule has 0 aromatic heterocycles. The second-order valence-electron chi connectivity index (χ2n) is 7.56. The molecule has 0 fully saturated rings. The first kappa shape index (κ1) is 20.0. The summed E-state index contributed by atoms with van der Waals surface area (Å²) < 4.78 is 11.3. The van der Waals surface area contributed by atoms with E-state index < -0.39 is 6.04 Å². The van der Waals surface area contributed by atoms with Crippen LogP contribution in [0, 0.1) is 6.92 Å². The minimum Gasteiger partial charge on any atom is -0.486 e. The number of nitrogens with zero attached hydrogens (tertiary/aromatic N) is 1. The van der Waals surface area contributed by atoms with Crippen molar-refractivity contribution in [2.75, 3.05) is 25.6 Å². The number of nitrogens with one attached hydrogen (secondary N) is 1. The van der Waals surface area contributed by atoms with Gasteiger partial charge in [-0.05, 0) is 49.4 Å². The molecule has 5 heteroatoms. The molecule has 3 aromatic carbocycles. The average molecular weight is 402 g/mol. The lowest BCUT2D eigenvalue weighted by atomic mass is 10.0. The molecule has 1 aliphatic rings. The number of fused-ring (bicyclic) bond motifs is 1. The van der Waals surface area contributed by atoms with Crippen LogP contribution in [-0.4, -0.2) is 31.1 Å². The number of carbonyl (C=O) groups is 1. The Labute approximate surface area is 177 Å². The van der Waals surface area contributed by atoms with Gasteiger partial charge in [-0.25, -0.2) is 0 Å². The summed E-state index contributed by atoms with van der Waals surface area (Å²) in [5, 5.41) is 3.06. The Morgan fingerprint density at radius 1 is 0.967 bits per heavy atom. The van der Waals surface area contributed by atoms with Crippen LogP contribution in [0.5, 0.6) is 11.5 Å². The fourth-order valence-corrected chi connectivity index (χ4v) is 3.65. The molecule has 154 valence electrons. The van der Waals surface area contributed by atoms with Crippen molar-refractivity contribution in [3.8, 4) is 11.5 Å². The Bertz CT molecular complexity index is 1000. The number of benzene rings is 3. The van der Waals surface area contributed by atoms with E-state index in [-0.39, 0.29) is 5.91 Å². The van der Waals surface area contributed by atoms with Gasteiger partial charge in [-0.15, -0.1) is 0 Å². The molecule has 0 spiro atoms. The van der Waals surface area contributed by atoms with Crippen molar-refractivity contribution >= 4 is 11.6 Å². The Balaban J connectivity index is 1.56. The van der Waals surface area contributed by atoms with Gasteiger partial charge < -0.3 is 14.8 Å². The van der Waals surface area contributed by atoms with Gasteiger partial charge in [0.15, 0.2) is 11.5 Å². The molecule has 3 aromatic rings. The largest absolute Gasteiger partial charge is 0.486 e. The van der Waals surface area contributed by atoms with Gasteiger partial charge in [-0.1, -0.05) is 54.1 Å². The number of hydrogen-bond donors (Lipinski definition) is 1. The average Bonchev–Trinajstić information content (AvgIpc) is 2.76. The maximum Gasteiger partial charge on any atom is 0.246 e. The third-order valence-electron chi connectivity index (χ3n) is 5.16. The summed E-state index contributed by atoms with van der Waals surface area (Å²) in [6.45, 7) is 3.75. The lowest BCUT2D eigenvalue weighted by Gasteiger charge is -2.28. The van der Waals surface area contributed by atoms with E-state index in [1.54, 1.807) is 0 Å². The SMILES string of the molecule is Cc1ccc(NC(=O)[C@@H](c2ccccc2)N(C)Cc2ccc3c(c2)OCCO3)cc1. The molecule has 5 nitrogen and oxygen atoms in total. The highest BCUT2D eigenvalue weighted by Crippen LogP contribution is 2.32. The van der Waals surface area contributed by atoms with Crippen LogP contribution in [0.25, 0.3) is 0 Å². The standard InChI is InChI=1S/C25H26N2O3/c1-18-8-11-21(12-9-18)26-25(28)24(20-6-4-3-5-7-20)27(2)17-19-10-13-22-23(16-19)30-15-14-29-22/h3-13,16,24H,14-15,17H2,1-2H3,(H,26,28)/t24-/m1/s1. The molecule has 1 atom stereocenters. The minimum atomic E-state index is -0.430. The van der Waals surface area contributed by atoms with Gasteiger partial charge in [-0.2, -0.15) is 0 Å². The molecule has 1 heterocycles. The van der Waals surface area contributed by atoms with Gasteiger partial charge in [0.25, 0.3) is 0 Å². The van der Waals surface area contributed by atoms with Crippen molar-refractivity contribution < 1.29 is 14.3 Å². The van der Waals surface area contributed by atoms with Gasteiger partial charge in [0.2, 0.25) is 5.91 Å². The van der Waals surface area contributed by atoms with Gasteiger partial charge >= 0.3 is 0 Å². The highest BCUT2D eigenvalue weighted by molar-refractivity contribution is 5.95. The quantitative estimate of drug-likeness (QED) is 0.656. The summed E-state index contributed by atoms with van der Waals surface area (Å²) in [5.74, 6) is 1.46. The Hall–Kier alpha value is -3.31. The number of amides is 1. The van der Waals surface area contributed by atoms with Crippen LogP contribution < -0.4 is 14.8 Å². The predicted octanol–water partition coefficient (Wildman–Crippen LogP) is 4.58. The monoisotopic (exact) mass is 402 g/mol. The van der Waals surface area contributed by atoms with E-state index in [1.807, 2.05) is 91.7 Å². The zero-order valence-corrected chi connectivity index (χ0v) is 17.3. The smallest absolute Gasteiger partial charge is 0.246 e. The number of likely N-dealkylation sites (N-methyl/N-ethyl adjacent to an activating group) is 1. The van der Waals surface area contributed by atoms with Crippen LogP contribution in [0.15, 0.2) is 72.8 Å². The summed E-state index contributed by atoms with van der Waals surface area (Å²) in [6, 6.07) is 23.2. The van der Waals surface area contributed by atoms with Crippen molar-refractivity contribution in [2.45, 2.75) is 19.5 Å². The van der Waals surface area contributed by atoms with Crippen LogP contribution in [-0.2, 0) is 11.3 Å². The first-order valence-electron chi connectivity index (χ1n) is 10.1. The molecule has 0 aliphatic carbocycles. The minimum absolute atomic E-state index is 0.0647. The van der Waals surface area contributed by atoms with Gasteiger partial charge in [-0.3, -0.25) is 9.69 Å². The maximum absolute atomic E-state index is 13.3. The van der Waals surface area contributed by atoms with Gasteiger partial charge in [0.1, 0.15) is 19.3 Å². The summed E-state index contributed by atoms with van der Waals surface area (Å²) in [4.78, 5) is 15.3. The molecule has 30 heavy (non-hydrogen) atoms. The molecular weight excluding hydrogens is 376 g/mol. The van der Waals surface area contributed by atoms with Gasteiger partial charge in [0.05, 0.1) is 0 Å². The third-order valence-corrected chi connectivity index (χ3v) is 5.16. The summed E-state index contributed by atoms with van der Waals surface area (Å²) in [6.07, 6.45) is 0.